The van der Waals surface area contributed by atoms with Crippen LogP contribution in [0.5, 0.6) is 0 Å². The molecule has 2 atom stereocenters. The van der Waals surface area contributed by atoms with Gasteiger partial charge in [0.1, 0.15) is 0 Å². The predicted octanol–water partition coefficient (Wildman–Crippen LogP) is 2.52. The molecule has 1 saturated carbocycles. The van der Waals surface area contributed by atoms with Crippen LogP contribution in [0.4, 0.5) is 0 Å². The monoisotopic (exact) mass is 155 g/mol. The summed E-state index contributed by atoms with van der Waals surface area (Å²) < 4.78 is 0. The van der Waals surface area contributed by atoms with Crippen LogP contribution < -0.4 is 0 Å². The van der Waals surface area contributed by atoms with Crippen LogP contribution in [0.15, 0.2) is 0 Å². The highest BCUT2D eigenvalue weighted by Gasteiger charge is 2.23. The van der Waals surface area contributed by atoms with Crippen molar-refractivity contribution < 1.29 is 0 Å². The molecule has 0 radical (unpaired) electrons. The Balaban J connectivity index is 2.40. The molecule has 0 saturated heterocycles. The topological polar surface area (TPSA) is 3.24 Å². The molecule has 1 fully saturated rings. The minimum Gasteiger partial charge on any atom is -0.303 e. The molecule has 1 nitrogen and oxygen atoms in total. The first-order valence-corrected chi connectivity index (χ1v) is 4.96. The third-order valence-corrected chi connectivity index (χ3v) is 3.13. The van der Waals surface area contributed by atoms with Crippen molar-refractivity contribution in [3.63, 3.8) is 0 Å². The van der Waals surface area contributed by atoms with Crippen LogP contribution in [0.1, 0.15) is 39.5 Å². The lowest BCUT2D eigenvalue weighted by atomic mass is 9.85. The summed E-state index contributed by atoms with van der Waals surface area (Å²) in [7, 11) is 2.26. The molecule has 0 bridgehead atoms. The molecule has 0 unspecified atom stereocenters. The summed E-state index contributed by atoms with van der Waals surface area (Å²) in [6.45, 7) is 5.85. The zero-order valence-electron chi connectivity index (χ0n) is 8.14. The first-order valence-electron chi connectivity index (χ1n) is 4.96. The van der Waals surface area contributed by atoms with Gasteiger partial charge in [-0.2, -0.15) is 0 Å². The van der Waals surface area contributed by atoms with Gasteiger partial charge in [0.2, 0.25) is 0 Å². The van der Waals surface area contributed by atoms with Crippen molar-refractivity contribution in [2.75, 3.05) is 13.6 Å². The summed E-state index contributed by atoms with van der Waals surface area (Å²) in [5.74, 6) is 0.925. The van der Waals surface area contributed by atoms with Gasteiger partial charge >= 0.3 is 0 Å². The van der Waals surface area contributed by atoms with E-state index in [9.17, 15) is 0 Å². The molecule has 11 heavy (non-hydrogen) atoms. The molecule has 1 aliphatic rings. The van der Waals surface area contributed by atoms with Crippen LogP contribution in [0.25, 0.3) is 0 Å². The lowest BCUT2D eigenvalue weighted by Gasteiger charge is -2.35. The van der Waals surface area contributed by atoms with Crippen LogP contribution in [0, 0.1) is 5.92 Å². The third kappa shape index (κ3) is 2.19. The number of hydrogen-bond acceptors (Lipinski definition) is 1. The second kappa shape index (κ2) is 4.10. The van der Waals surface area contributed by atoms with Gasteiger partial charge in [0.15, 0.2) is 0 Å². The fourth-order valence-corrected chi connectivity index (χ4v) is 2.19. The Labute approximate surface area is 70.8 Å². The van der Waals surface area contributed by atoms with Gasteiger partial charge in [-0.25, -0.2) is 0 Å². The van der Waals surface area contributed by atoms with E-state index in [2.05, 4.69) is 25.8 Å². The lowest BCUT2D eigenvalue weighted by molar-refractivity contribution is 0.146. The lowest BCUT2D eigenvalue weighted by Crippen LogP contribution is -2.38. The predicted molar refractivity (Wildman–Crippen MR) is 49.7 cm³/mol. The van der Waals surface area contributed by atoms with Gasteiger partial charge in [-0.3, -0.25) is 0 Å². The van der Waals surface area contributed by atoms with E-state index in [-0.39, 0.29) is 0 Å². The van der Waals surface area contributed by atoms with Crippen molar-refractivity contribution in [1.82, 2.24) is 4.90 Å². The first-order chi connectivity index (χ1) is 5.25. The van der Waals surface area contributed by atoms with Gasteiger partial charge in [-0.05, 0) is 32.4 Å². The highest BCUT2D eigenvalue weighted by molar-refractivity contribution is 4.78. The Bertz CT molecular complexity index is 107. The summed E-state index contributed by atoms with van der Waals surface area (Å²) >= 11 is 0. The molecule has 0 N–H and O–H groups in total. The zero-order valence-corrected chi connectivity index (χ0v) is 8.14. The van der Waals surface area contributed by atoms with E-state index in [0.29, 0.717) is 0 Å². The highest BCUT2D eigenvalue weighted by Crippen LogP contribution is 2.26. The van der Waals surface area contributed by atoms with Gasteiger partial charge in [-0.15, -0.1) is 0 Å². The molecule has 0 aromatic heterocycles. The summed E-state index contributed by atoms with van der Waals surface area (Å²) in [5, 5.41) is 0. The minimum absolute atomic E-state index is 0.869. The quantitative estimate of drug-likeness (QED) is 0.592. The molecule has 0 aromatic rings. The van der Waals surface area contributed by atoms with E-state index in [1.54, 1.807) is 0 Å². The van der Waals surface area contributed by atoms with Crippen molar-refractivity contribution in [1.29, 1.82) is 0 Å². The molecule has 0 aromatic carbocycles. The van der Waals surface area contributed by atoms with E-state index >= 15 is 0 Å². The van der Waals surface area contributed by atoms with Gasteiger partial charge in [0, 0.05) is 6.04 Å². The molecule has 0 heterocycles. The van der Waals surface area contributed by atoms with Crippen molar-refractivity contribution >= 4 is 0 Å². The van der Waals surface area contributed by atoms with Gasteiger partial charge in [-0.1, -0.05) is 26.7 Å². The van der Waals surface area contributed by atoms with Crippen LogP contribution >= 0.6 is 0 Å². The van der Waals surface area contributed by atoms with Gasteiger partial charge < -0.3 is 4.90 Å². The normalized spacial score (nSPS) is 32.7. The Morgan fingerprint density at radius 3 is 2.45 bits per heavy atom. The minimum atomic E-state index is 0.869. The summed E-state index contributed by atoms with van der Waals surface area (Å²) in [5.41, 5.74) is 0. The first kappa shape index (κ1) is 9.05. The van der Waals surface area contributed by atoms with Crippen molar-refractivity contribution in [2.24, 2.45) is 5.92 Å². The molecule has 1 rings (SSSR count). The zero-order chi connectivity index (χ0) is 8.27. The summed E-state index contributed by atoms with van der Waals surface area (Å²) in [4.78, 5) is 2.50. The fraction of sp³-hybridized carbons (Fsp3) is 1.00. The maximum Gasteiger partial charge on any atom is 0.0118 e. The van der Waals surface area contributed by atoms with Crippen molar-refractivity contribution in [3.8, 4) is 0 Å². The highest BCUT2D eigenvalue weighted by atomic mass is 15.1. The smallest absolute Gasteiger partial charge is 0.0118 e. The van der Waals surface area contributed by atoms with E-state index < -0.39 is 0 Å². The Hall–Kier alpha value is -0.0400. The van der Waals surface area contributed by atoms with Gasteiger partial charge in [0.25, 0.3) is 0 Å². The average molecular weight is 155 g/mol. The largest absolute Gasteiger partial charge is 0.303 e. The number of hydrogen-bond donors (Lipinski definition) is 0. The van der Waals surface area contributed by atoms with E-state index in [1.807, 2.05) is 0 Å². The van der Waals surface area contributed by atoms with Crippen LogP contribution in [0.3, 0.4) is 0 Å². The maximum atomic E-state index is 2.50. The van der Waals surface area contributed by atoms with Gasteiger partial charge in [0.05, 0.1) is 0 Å². The van der Waals surface area contributed by atoms with E-state index in [1.165, 1.54) is 32.2 Å². The molecule has 1 heteroatoms. The Kier molecular flexibility index (Phi) is 3.38. The number of nitrogens with zero attached hydrogens (tertiary/aromatic N) is 1. The molecular formula is C10H21N. The van der Waals surface area contributed by atoms with Crippen LogP contribution in [-0.4, -0.2) is 24.5 Å². The summed E-state index contributed by atoms with van der Waals surface area (Å²) in [6.07, 6.45) is 5.76. The van der Waals surface area contributed by atoms with Crippen molar-refractivity contribution in [2.45, 2.75) is 45.6 Å². The molecule has 66 valence electrons. The fourth-order valence-electron chi connectivity index (χ4n) is 2.19. The molecule has 0 amide bonds. The Morgan fingerprint density at radius 1 is 1.27 bits per heavy atom. The Morgan fingerprint density at radius 2 is 1.91 bits per heavy atom. The standard InChI is InChI=1S/C10H21N/c1-4-11(3)10-8-6-5-7-9(10)2/h9-10H,4-8H2,1-3H3/t9-,10-/m0/s1. The average Bonchev–Trinajstić information content (AvgIpc) is 2.04. The van der Waals surface area contributed by atoms with E-state index in [4.69, 9.17) is 0 Å². The van der Waals surface area contributed by atoms with E-state index in [0.717, 1.165) is 12.0 Å². The molecular weight excluding hydrogens is 134 g/mol. The molecule has 1 aliphatic carbocycles. The van der Waals surface area contributed by atoms with Crippen LogP contribution in [-0.2, 0) is 0 Å². The van der Waals surface area contributed by atoms with Crippen molar-refractivity contribution in [3.05, 3.63) is 0 Å². The second-order valence-corrected chi connectivity index (χ2v) is 3.90. The maximum absolute atomic E-state index is 2.50. The summed E-state index contributed by atoms with van der Waals surface area (Å²) in [6, 6.07) is 0.869. The third-order valence-electron chi connectivity index (χ3n) is 3.13. The van der Waals surface area contributed by atoms with Crippen LogP contribution in [0.2, 0.25) is 0 Å². The molecule has 0 aliphatic heterocycles. The number of rotatable bonds is 2. The molecule has 0 spiro atoms. The SMILES string of the molecule is CCN(C)[C@H]1CCCC[C@@H]1C. The second-order valence-electron chi connectivity index (χ2n) is 3.90.